The largest absolute Gasteiger partial charge is 0.378 e. The van der Waals surface area contributed by atoms with Crippen LogP contribution in [-0.4, -0.2) is 25.3 Å². The van der Waals surface area contributed by atoms with Gasteiger partial charge in [-0.05, 0) is 35.9 Å². The number of hydrogen-bond donors (Lipinski definition) is 0. The highest BCUT2D eigenvalue weighted by Gasteiger charge is 1.96. The van der Waals surface area contributed by atoms with Crippen LogP contribution in [0, 0.1) is 0 Å². The van der Waals surface area contributed by atoms with Gasteiger partial charge in [0.1, 0.15) is 0 Å². The zero-order valence-electron chi connectivity index (χ0n) is 12.2. The van der Waals surface area contributed by atoms with Gasteiger partial charge in [0, 0.05) is 31.4 Å². The van der Waals surface area contributed by atoms with Gasteiger partial charge < -0.3 is 4.90 Å². The number of rotatable bonds is 3. The number of anilines is 1. The van der Waals surface area contributed by atoms with Gasteiger partial charge in [-0.1, -0.05) is 30.3 Å². The second-order valence-electron chi connectivity index (χ2n) is 5.11. The maximum atomic E-state index is 4.53. The van der Waals surface area contributed by atoms with Gasteiger partial charge in [0.2, 0.25) is 0 Å². The standard InChI is InChI=1S/C18H17N3/c1-21(2)16-10-7-14(8-11-16)13-19-18-12-9-15-5-3-4-6-17(15)20-18/h3-13H,1-2H3. The second-order valence-corrected chi connectivity index (χ2v) is 5.11. The van der Waals surface area contributed by atoms with E-state index in [-0.39, 0.29) is 0 Å². The van der Waals surface area contributed by atoms with Crippen LogP contribution in [0.3, 0.4) is 0 Å². The minimum absolute atomic E-state index is 0.727. The number of aromatic nitrogens is 1. The molecule has 0 unspecified atom stereocenters. The summed E-state index contributed by atoms with van der Waals surface area (Å²) in [4.78, 5) is 11.1. The Bertz CT molecular complexity index is 774. The molecule has 0 aliphatic heterocycles. The maximum absolute atomic E-state index is 4.53. The normalized spacial score (nSPS) is 11.1. The van der Waals surface area contributed by atoms with E-state index in [2.05, 4.69) is 45.2 Å². The number of aliphatic imine (C=N–C) groups is 1. The first-order chi connectivity index (χ1) is 10.2. The zero-order chi connectivity index (χ0) is 14.7. The first kappa shape index (κ1) is 13.3. The zero-order valence-corrected chi connectivity index (χ0v) is 12.2. The fourth-order valence-corrected chi connectivity index (χ4v) is 2.13. The number of pyridine rings is 1. The average molecular weight is 275 g/mol. The Morgan fingerprint density at radius 2 is 1.67 bits per heavy atom. The molecule has 0 fully saturated rings. The maximum Gasteiger partial charge on any atom is 0.152 e. The Labute approximate surface area is 124 Å². The Morgan fingerprint density at radius 1 is 0.905 bits per heavy atom. The molecule has 104 valence electrons. The minimum atomic E-state index is 0.727. The quantitative estimate of drug-likeness (QED) is 0.675. The fraction of sp³-hybridized carbons (Fsp3) is 0.111. The van der Waals surface area contributed by atoms with E-state index >= 15 is 0 Å². The van der Waals surface area contributed by atoms with Crippen LogP contribution in [0.1, 0.15) is 5.56 Å². The third-order valence-corrected chi connectivity index (χ3v) is 3.34. The smallest absolute Gasteiger partial charge is 0.152 e. The Kier molecular flexibility index (Phi) is 3.65. The molecule has 2 aromatic carbocycles. The summed E-state index contributed by atoms with van der Waals surface area (Å²) >= 11 is 0. The van der Waals surface area contributed by atoms with Gasteiger partial charge in [-0.15, -0.1) is 0 Å². The summed E-state index contributed by atoms with van der Waals surface area (Å²) in [5.74, 6) is 0.727. The summed E-state index contributed by atoms with van der Waals surface area (Å²) < 4.78 is 0. The molecule has 0 aliphatic rings. The third-order valence-electron chi connectivity index (χ3n) is 3.34. The summed E-state index contributed by atoms with van der Waals surface area (Å²) in [5.41, 5.74) is 3.21. The molecule has 3 rings (SSSR count). The molecule has 21 heavy (non-hydrogen) atoms. The number of para-hydroxylation sites is 1. The van der Waals surface area contributed by atoms with Crippen molar-refractivity contribution < 1.29 is 0 Å². The summed E-state index contributed by atoms with van der Waals surface area (Å²) in [7, 11) is 4.06. The van der Waals surface area contributed by atoms with E-state index in [9.17, 15) is 0 Å². The Balaban J connectivity index is 1.83. The van der Waals surface area contributed by atoms with Crippen molar-refractivity contribution in [1.82, 2.24) is 4.98 Å². The number of benzene rings is 2. The fourth-order valence-electron chi connectivity index (χ4n) is 2.13. The third kappa shape index (κ3) is 3.08. The van der Waals surface area contributed by atoms with Crippen molar-refractivity contribution in [2.75, 3.05) is 19.0 Å². The van der Waals surface area contributed by atoms with Crippen LogP contribution in [-0.2, 0) is 0 Å². The molecule has 3 heteroatoms. The lowest BCUT2D eigenvalue weighted by Gasteiger charge is -2.11. The second kappa shape index (κ2) is 5.75. The SMILES string of the molecule is CN(C)c1ccc(C=Nc2ccc3ccccc3n2)cc1. The molecule has 0 radical (unpaired) electrons. The summed E-state index contributed by atoms with van der Waals surface area (Å²) in [5, 5.41) is 1.13. The van der Waals surface area contributed by atoms with Crippen LogP contribution in [0.2, 0.25) is 0 Å². The first-order valence-corrected chi connectivity index (χ1v) is 6.90. The lowest BCUT2D eigenvalue weighted by atomic mass is 10.2. The van der Waals surface area contributed by atoms with Crippen molar-refractivity contribution >= 4 is 28.6 Å². The van der Waals surface area contributed by atoms with Crippen LogP contribution in [0.5, 0.6) is 0 Å². The molecule has 0 saturated carbocycles. The molecule has 3 nitrogen and oxygen atoms in total. The van der Waals surface area contributed by atoms with E-state index in [1.165, 1.54) is 5.69 Å². The van der Waals surface area contributed by atoms with E-state index < -0.39 is 0 Å². The first-order valence-electron chi connectivity index (χ1n) is 6.90. The molecule has 1 heterocycles. The van der Waals surface area contributed by atoms with E-state index in [4.69, 9.17) is 0 Å². The van der Waals surface area contributed by atoms with Crippen LogP contribution in [0.15, 0.2) is 65.7 Å². The predicted octanol–water partition coefficient (Wildman–Crippen LogP) is 4.05. The van der Waals surface area contributed by atoms with Crippen LogP contribution in [0.4, 0.5) is 11.5 Å². The summed E-state index contributed by atoms with van der Waals surface area (Å²) in [6, 6.07) is 20.3. The summed E-state index contributed by atoms with van der Waals surface area (Å²) in [6.45, 7) is 0. The van der Waals surface area contributed by atoms with Gasteiger partial charge in [-0.25, -0.2) is 9.98 Å². The van der Waals surface area contributed by atoms with E-state index in [1.807, 2.05) is 50.6 Å². The van der Waals surface area contributed by atoms with E-state index in [0.717, 1.165) is 22.3 Å². The Morgan fingerprint density at radius 3 is 2.43 bits per heavy atom. The van der Waals surface area contributed by atoms with Crippen molar-refractivity contribution in [3.63, 3.8) is 0 Å². The number of hydrogen-bond acceptors (Lipinski definition) is 3. The average Bonchev–Trinajstić information content (AvgIpc) is 2.53. The van der Waals surface area contributed by atoms with E-state index in [0.29, 0.717) is 0 Å². The van der Waals surface area contributed by atoms with Crippen molar-refractivity contribution in [1.29, 1.82) is 0 Å². The lowest BCUT2D eigenvalue weighted by Crippen LogP contribution is -2.08. The van der Waals surface area contributed by atoms with Crippen LogP contribution < -0.4 is 4.90 Å². The van der Waals surface area contributed by atoms with Crippen LogP contribution >= 0.6 is 0 Å². The molecule has 1 aromatic heterocycles. The van der Waals surface area contributed by atoms with Gasteiger partial charge in [-0.3, -0.25) is 0 Å². The molecule has 0 atom stereocenters. The lowest BCUT2D eigenvalue weighted by molar-refractivity contribution is 1.13. The Hall–Kier alpha value is -2.68. The molecule has 3 aromatic rings. The molecule has 0 saturated heterocycles. The topological polar surface area (TPSA) is 28.5 Å². The van der Waals surface area contributed by atoms with Gasteiger partial charge in [0.25, 0.3) is 0 Å². The molecule has 0 amide bonds. The van der Waals surface area contributed by atoms with Gasteiger partial charge in [-0.2, -0.15) is 0 Å². The summed E-state index contributed by atoms with van der Waals surface area (Å²) in [6.07, 6.45) is 1.84. The van der Waals surface area contributed by atoms with E-state index in [1.54, 1.807) is 0 Å². The van der Waals surface area contributed by atoms with Crippen molar-refractivity contribution in [3.05, 3.63) is 66.2 Å². The van der Waals surface area contributed by atoms with Gasteiger partial charge in [0.15, 0.2) is 5.82 Å². The highest BCUT2D eigenvalue weighted by atomic mass is 15.1. The number of nitrogens with zero attached hydrogens (tertiary/aromatic N) is 3. The molecule has 0 bridgehead atoms. The highest BCUT2D eigenvalue weighted by molar-refractivity contribution is 5.84. The molecular weight excluding hydrogens is 258 g/mol. The molecule has 0 spiro atoms. The minimum Gasteiger partial charge on any atom is -0.378 e. The molecular formula is C18H17N3. The van der Waals surface area contributed by atoms with Crippen molar-refractivity contribution in [3.8, 4) is 0 Å². The number of fused-ring (bicyclic) bond motifs is 1. The molecule has 0 aliphatic carbocycles. The predicted molar refractivity (Wildman–Crippen MR) is 89.8 cm³/mol. The van der Waals surface area contributed by atoms with Gasteiger partial charge >= 0.3 is 0 Å². The van der Waals surface area contributed by atoms with Gasteiger partial charge in [0.05, 0.1) is 5.52 Å². The monoisotopic (exact) mass is 275 g/mol. The highest BCUT2D eigenvalue weighted by Crippen LogP contribution is 2.17. The molecule has 0 N–H and O–H groups in total. The van der Waals surface area contributed by atoms with Crippen molar-refractivity contribution in [2.45, 2.75) is 0 Å². The van der Waals surface area contributed by atoms with Crippen molar-refractivity contribution in [2.24, 2.45) is 4.99 Å². The van der Waals surface area contributed by atoms with Crippen LogP contribution in [0.25, 0.3) is 10.9 Å².